The molecule has 4 fully saturated rings. The third kappa shape index (κ3) is 4.63. The van der Waals surface area contributed by atoms with Crippen molar-refractivity contribution in [2.45, 2.75) is 76.5 Å². The van der Waals surface area contributed by atoms with Crippen LogP contribution in [0.5, 0.6) is 0 Å². The monoisotopic (exact) mass is 565 g/mol. The molecule has 1 N–H and O–H groups in total. The van der Waals surface area contributed by atoms with Crippen molar-refractivity contribution in [1.82, 2.24) is 19.6 Å². The number of amides is 2. The minimum absolute atomic E-state index is 0.00835. The lowest BCUT2D eigenvalue weighted by molar-refractivity contribution is -0.135. The summed E-state index contributed by atoms with van der Waals surface area (Å²) < 4.78 is 21.6. The molecule has 5 aliphatic rings. The normalized spacial score (nSPS) is 24.5. The van der Waals surface area contributed by atoms with Crippen molar-refractivity contribution in [1.29, 1.82) is 0 Å². The van der Waals surface area contributed by atoms with Gasteiger partial charge in [0.1, 0.15) is 12.4 Å². The zero-order valence-electron chi connectivity index (χ0n) is 24.1. The molecule has 2 aromatic rings. The number of piperidine rings is 1. The van der Waals surface area contributed by atoms with E-state index in [1.165, 1.54) is 0 Å². The highest BCUT2D eigenvalue weighted by atomic mass is 19.1. The zero-order chi connectivity index (χ0) is 28.5. The molecule has 2 amide bonds. The summed E-state index contributed by atoms with van der Waals surface area (Å²) in [5, 5.41) is 13.8. The van der Waals surface area contributed by atoms with Gasteiger partial charge in [-0.2, -0.15) is 5.10 Å². The largest absolute Gasteiger partial charge is 0.394 e. The maximum Gasteiger partial charge on any atom is 0.274 e. The van der Waals surface area contributed by atoms with Crippen LogP contribution in [0.4, 0.5) is 10.1 Å². The summed E-state index contributed by atoms with van der Waals surface area (Å²) in [4.78, 5) is 33.7. The molecule has 41 heavy (non-hydrogen) atoms. The van der Waals surface area contributed by atoms with Gasteiger partial charge in [-0.05, 0) is 87.5 Å². The summed E-state index contributed by atoms with van der Waals surface area (Å²) in [6.07, 6.45) is 5.53. The van der Waals surface area contributed by atoms with E-state index in [9.17, 15) is 14.0 Å². The summed E-state index contributed by atoms with van der Waals surface area (Å²) in [7, 11) is 0. The fraction of sp³-hybridized carbons (Fsp3) is 0.645. The zero-order valence-corrected chi connectivity index (χ0v) is 24.1. The fourth-order valence-corrected chi connectivity index (χ4v) is 7.55. The molecule has 1 aromatic carbocycles. The SMILES string of the molecule is Cc1c(F)ccc(N2CCN(C(=O)Cn3nc(C(=O)N4CCC(OCCO)CC4)c4c3C[C@H]3C[C@@H]43)C3(CC3)C2)c1C. The molecule has 1 aromatic heterocycles. The third-order valence-corrected chi connectivity index (χ3v) is 10.3. The number of aliphatic hydroxyl groups excluding tert-OH is 1. The molecule has 2 aliphatic heterocycles. The number of hydrogen-bond donors (Lipinski definition) is 1. The molecule has 2 atom stereocenters. The van der Waals surface area contributed by atoms with E-state index in [-0.39, 0.29) is 42.4 Å². The van der Waals surface area contributed by atoms with Gasteiger partial charge in [0.05, 0.1) is 24.9 Å². The summed E-state index contributed by atoms with van der Waals surface area (Å²) in [5.41, 5.74) is 5.22. The smallest absolute Gasteiger partial charge is 0.274 e. The number of nitrogens with zero attached hydrogens (tertiary/aromatic N) is 5. The van der Waals surface area contributed by atoms with Gasteiger partial charge in [0.15, 0.2) is 5.69 Å². The van der Waals surface area contributed by atoms with Gasteiger partial charge < -0.3 is 24.5 Å². The molecular weight excluding hydrogens is 525 g/mol. The topological polar surface area (TPSA) is 91.1 Å². The molecular formula is C31H40FN5O4. The Morgan fingerprint density at radius 2 is 1.90 bits per heavy atom. The Kier molecular flexibility index (Phi) is 6.61. The van der Waals surface area contributed by atoms with Gasteiger partial charge in [-0.3, -0.25) is 14.3 Å². The van der Waals surface area contributed by atoms with Gasteiger partial charge >= 0.3 is 0 Å². The van der Waals surface area contributed by atoms with E-state index >= 15 is 0 Å². The van der Waals surface area contributed by atoms with Crippen molar-refractivity contribution in [3.8, 4) is 0 Å². The molecule has 3 aliphatic carbocycles. The predicted octanol–water partition coefficient (Wildman–Crippen LogP) is 2.79. The predicted molar refractivity (Wildman–Crippen MR) is 151 cm³/mol. The number of carbonyl (C=O) groups is 2. The summed E-state index contributed by atoms with van der Waals surface area (Å²) in [5.74, 6) is 0.840. The van der Waals surface area contributed by atoms with Crippen LogP contribution < -0.4 is 4.90 Å². The molecule has 0 unspecified atom stereocenters. The molecule has 0 radical (unpaired) electrons. The fourth-order valence-electron chi connectivity index (χ4n) is 7.55. The molecule has 7 rings (SSSR count). The summed E-state index contributed by atoms with van der Waals surface area (Å²) in [6, 6.07) is 3.41. The maximum atomic E-state index is 14.1. The summed E-state index contributed by atoms with van der Waals surface area (Å²) >= 11 is 0. The maximum absolute atomic E-state index is 14.1. The van der Waals surface area contributed by atoms with Crippen LogP contribution in [0.3, 0.4) is 0 Å². The number of carbonyl (C=O) groups excluding carboxylic acids is 2. The second-order valence-electron chi connectivity index (χ2n) is 12.8. The van der Waals surface area contributed by atoms with E-state index in [2.05, 4.69) is 9.80 Å². The van der Waals surface area contributed by atoms with Gasteiger partial charge in [0, 0.05) is 49.7 Å². The highest BCUT2D eigenvalue weighted by Gasteiger charge is 2.54. The van der Waals surface area contributed by atoms with Crippen molar-refractivity contribution in [3.63, 3.8) is 0 Å². The van der Waals surface area contributed by atoms with Crippen molar-refractivity contribution < 1.29 is 23.8 Å². The van der Waals surface area contributed by atoms with E-state index in [0.29, 0.717) is 55.9 Å². The average Bonchev–Trinajstić information content (AvgIpc) is 3.86. The third-order valence-electron chi connectivity index (χ3n) is 10.3. The Labute approximate surface area is 240 Å². The standard InChI is InChI=1S/C31H40FN5O4/c1-19-20(2)25(4-3-24(19)32)35-11-12-36(31(18-35)7-8-31)27(39)17-37-26-16-21-15-23(21)28(26)29(33-37)30(40)34-9-5-22(6-10-34)41-14-13-38/h3-4,21-23,38H,5-18H2,1-2H3/t21-,23-/m1/s1. The number of likely N-dealkylation sites (tertiary alicyclic amines) is 1. The highest BCUT2D eigenvalue weighted by molar-refractivity contribution is 5.95. The minimum Gasteiger partial charge on any atom is -0.394 e. The van der Waals surface area contributed by atoms with Gasteiger partial charge in [0.2, 0.25) is 5.91 Å². The Balaban J connectivity index is 1.05. The number of ether oxygens (including phenoxy) is 1. The Morgan fingerprint density at radius 3 is 2.63 bits per heavy atom. The van der Waals surface area contributed by atoms with Crippen LogP contribution in [0.25, 0.3) is 0 Å². The first kappa shape index (κ1) is 26.9. The number of anilines is 1. The van der Waals surface area contributed by atoms with Crippen LogP contribution in [-0.4, -0.2) is 94.1 Å². The lowest BCUT2D eigenvalue weighted by atomic mass is 10.0. The number of piperazine rings is 1. The first-order chi connectivity index (χ1) is 19.8. The van der Waals surface area contributed by atoms with Crippen LogP contribution in [0.15, 0.2) is 12.1 Å². The lowest BCUT2D eigenvalue weighted by Crippen LogP contribution is -2.58. The number of halogens is 1. The van der Waals surface area contributed by atoms with Crippen LogP contribution in [0.1, 0.15) is 70.9 Å². The first-order valence-electron chi connectivity index (χ1n) is 15.2. The molecule has 10 heteroatoms. The van der Waals surface area contributed by atoms with Crippen LogP contribution in [0.2, 0.25) is 0 Å². The second-order valence-corrected chi connectivity index (χ2v) is 12.8. The number of hydrogen-bond acceptors (Lipinski definition) is 6. The Hall–Kier alpha value is -2.98. The van der Waals surface area contributed by atoms with Gasteiger partial charge in [-0.25, -0.2) is 4.39 Å². The number of fused-ring (bicyclic) bond motifs is 3. The molecule has 1 spiro atoms. The Bertz CT molecular complexity index is 1380. The quantitative estimate of drug-likeness (QED) is 0.556. The number of aliphatic hydroxyl groups is 1. The Morgan fingerprint density at radius 1 is 1.12 bits per heavy atom. The van der Waals surface area contributed by atoms with Crippen molar-refractivity contribution >= 4 is 17.5 Å². The first-order valence-corrected chi connectivity index (χ1v) is 15.2. The molecule has 2 saturated carbocycles. The lowest BCUT2D eigenvalue weighted by Gasteiger charge is -2.44. The van der Waals surface area contributed by atoms with Gasteiger partial charge in [-0.1, -0.05) is 0 Å². The van der Waals surface area contributed by atoms with Crippen LogP contribution in [0, 0.1) is 25.6 Å². The van der Waals surface area contributed by atoms with E-state index in [4.69, 9.17) is 14.9 Å². The van der Waals surface area contributed by atoms with Gasteiger partial charge in [0.25, 0.3) is 5.91 Å². The molecule has 220 valence electrons. The summed E-state index contributed by atoms with van der Waals surface area (Å²) in [6.45, 7) is 7.62. The molecule has 0 bridgehead atoms. The molecule has 9 nitrogen and oxygen atoms in total. The number of aromatic nitrogens is 2. The average molecular weight is 566 g/mol. The van der Waals surface area contributed by atoms with E-state index in [1.54, 1.807) is 6.07 Å². The van der Waals surface area contributed by atoms with Crippen molar-refractivity contribution in [3.05, 3.63) is 46.0 Å². The number of rotatable bonds is 7. The van der Waals surface area contributed by atoms with E-state index < -0.39 is 0 Å². The second kappa shape index (κ2) is 10.1. The van der Waals surface area contributed by atoms with Gasteiger partial charge in [-0.15, -0.1) is 0 Å². The van der Waals surface area contributed by atoms with E-state index in [0.717, 1.165) is 67.6 Å². The van der Waals surface area contributed by atoms with Crippen molar-refractivity contribution in [2.75, 3.05) is 50.8 Å². The number of benzene rings is 1. The highest BCUT2D eigenvalue weighted by Crippen LogP contribution is 2.57. The molecule has 2 saturated heterocycles. The van der Waals surface area contributed by atoms with Crippen LogP contribution >= 0.6 is 0 Å². The van der Waals surface area contributed by atoms with Crippen molar-refractivity contribution in [2.24, 2.45) is 5.92 Å². The van der Waals surface area contributed by atoms with Crippen LogP contribution in [-0.2, 0) is 22.5 Å². The minimum atomic E-state index is -0.181. The van der Waals surface area contributed by atoms with E-state index in [1.807, 2.05) is 29.5 Å². The molecule has 3 heterocycles.